The molecular formula is C10H14N4O3. The van der Waals surface area contributed by atoms with Crippen molar-refractivity contribution in [3.05, 3.63) is 12.2 Å². The van der Waals surface area contributed by atoms with Crippen LogP contribution in [0.25, 0.3) is 0 Å². The normalized spacial score (nSPS) is 22.2. The molecule has 92 valence electrons. The largest absolute Gasteiger partial charge is 0.481 e. The Labute approximate surface area is 97.8 Å². The zero-order valence-electron chi connectivity index (χ0n) is 9.46. The zero-order valence-corrected chi connectivity index (χ0v) is 9.46. The Bertz CT molecular complexity index is 443. The molecule has 7 nitrogen and oxygen atoms in total. The van der Waals surface area contributed by atoms with Crippen molar-refractivity contribution in [3.8, 4) is 0 Å². The van der Waals surface area contributed by atoms with E-state index >= 15 is 0 Å². The topological polar surface area (TPSA) is 97.1 Å². The lowest BCUT2D eigenvalue weighted by Gasteiger charge is -2.01. The Morgan fingerprint density at radius 2 is 2.35 bits per heavy atom. The molecule has 1 amide bonds. The molecule has 17 heavy (non-hydrogen) atoms. The molecule has 0 bridgehead atoms. The van der Waals surface area contributed by atoms with Crippen LogP contribution in [0.15, 0.2) is 6.33 Å². The molecule has 1 saturated carbocycles. The van der Waals surface area contributed by atoms with Gasteiger partial charge in [-0.05, 0) is 6.42 Å². The van der Waals surface area contributed by atoms with Crippen molar-refractivity contribution in [2.45, 2.75) is 12.8 Å². The lowest BCUT2D eigenvalue weighted by molar-refractivity contribution is -0.140. The van der Waals surface area contributed by atoms with E-state index in [0.29, 0.717) is 25.2 Å². The first-order valence-electron chi connectivity index (χ1n) is 5.43. The smallest absolute Gasteiger partial charge is 0.307 e. The van der Waals surface area contributed by atoms with Crippen LogP contribution in [0, 0.1) is 11.8 Å². The van der Waals surface area contributed by atoms with Gasteiger partial charge in [0.15, 0.2) is 5.82 Å². The lowest BCUT2D eigenvalue weighted by atomic mass is 10.3. The van der Waals surface area contributed by atoms with Crippen molar-refractivity contribution in [1.82, 2.24) is 20.1 Å². The lowest BCUT2D eigenvalue weighted by Crippen LogP contribution is -2.28. The van der Waals surface area contributed by atoms with Crippen LogP contribution in [-0.4, -0.2) is 38.3 Å². The molecule has 2 N–H and O–H groups in total. The number of aryl methyl sites for hydroxylation is 1. The maximum atomic E-state index is 11.5. The van der Waals surface area contributed by atoms with Crippen LogP contribution in [0.1, 0.15) is 12.2 Å². The highest BCUT2D eigenvalue weighted by Gasteiger charge is 2.48. The second kappa shape index (κ2) is 4.52. The van der Waals surface area contributed by atoms with Gasteiger partial charge in [0.25, 0.3) is 0 Å². The molecule has 1 aliphatic carbocycles. The molecule has 1 heterocycles. The Hall–Kier alpha value is -1.92. The van der Waals surface area contributed by atoms with Gasteiger partial charge in [-0.15, -0.1) is 0 Å². The molecule has 2 atom stereocenters. The van der Waals surface area contributed by atoms with Crippen molar-refractivity contribution in [2.24, 2.45) is 18.9 Å². The molecule has 1 aromatic rings. The Morgan fingerprint density at radius 3 is 2.88 bits per heavy atom. The number of hydrogen-bond donors (Lipinski definition) is 2. The van der Waals surface area contributed by atoms with E-state index in [4.69, 9.17) is 5.11 Å². The number of nitrogens with one attached hydrogen (secondary N) is 1. The molecule has 0 aliphatic heterocycles. The average molecular weight is 238 g/mol. The number of nitrogens with zero attached hydrogens (tertiary/aromatic N) is 3. The highest BCUT2D eigenvalue weighted by atomic mass is 16.4. The summed E-state index contributed by atoms with van der Waals surface area (Å²) < 4.78 is 1.60. The first-order valence-corrected chi connectivity index (χ1v) is 5.43. The number of aromatic nitrogens is 3. The van der Waals surface area contributed by atoms with Crippen LogP contribution in [0.4, 0.5) is 0 Å². The van der Waals surface area contributed by atoms with Crippen LogP contribution in [0.3, 0.4) is 0 Å². The predicted molar refractivity (Wildman–Crippen MR) is 56.9 cm³/mol. The van der Waals surface area contributed by atoms with Crippen molar-refractivity contribution in [1.29, 1.82) is 0 Å². The number of carboxylic acid groups (broad SMARTS) is 1. The van der Waals surface area contributed by atoms with Gasteiger partial charge in [-0.1, -0.05) is 0 Å². The van der Waals surface area contributed by atoms with Crippen LogP contribution >= 0.6 is 0 Å². The SMILES string of the molecule is Cn1cnc(CCNC(=O)C2CC2C(=O)O)n1. The number of amides is 1. The fourth-order valence-electron chi connectivity index (χ4n) is 1.68. The molecule has 1 fully saturated rings. The van der Waals surface area contributed by atoms with Gasteiger partial charge in [-0.2, -0.15) is 5.10 Å². The summed E-state index contributed by atoms with van der Waals surface area (Å²) in [5, 5.41) is 15.4. The Kier molecular flexibility index (Phi) is 3.08. The molecule has 0 spiro atoms. The number of carboxylic acids is 1. The Morgan fingerprint density at radius 1 is 1.59 bits per heavy atom. The highest BCUT2D eigenvalue weighted by molar-refractivity contribution is 5.89. The van der Waals surface area contributed by atoms with Gasteiger partial charge >= 0.3 is 5.97 Å². The number of aliphatic carboxylic acids is 1. The minimum Gasteiger partial charge on any atom is -0.481 e. The van der Waals surface area contributed by atoms with Gasteiger partial charge in [0.05, 0.1) is 11.8 Å². The third-order valence-electron chi connectivity index (χ3n) is 2.74. The summed E-state index contributed by atoms with van der Waals surface area (Å²) in [6.45, 7) is 0.436. The number of rotatable bonds is 5. The first kappa shape index (κ1) is 11.6. The summed E-state index contributed by atoms with van der Waals surface area (Å²) >= 11 is 0. The highest BCUT2D eigenvalue weighted by Crippen LogP contribution is 2.38. The van der Waals surface area contributed by atoms with E-state index < -0.39 is 11.9 Å². The van der Waals surface area contributed by atoms with Gasteiger partial charge in [0.2, 0.25) is 5.91 Å². The summed E-state index contributed by atoms with van der Waals surface area (Å²) in [7, 11) is 1.77. The fourth-order valence-corrected chi connectivity index (χ4v) is 1.68. The van der Waals surface area contributed by atoms with E-state index in [1.807, 2.05) is 0 Å². The molecule has 0 radical (unpaired) electrons. The van der Waals surface area contributed by atoms with Gasteiger partial charge in [0, 0.05) is 20.0 Å². The van der Waals surface area contributed by atoms with E-state index in [1.54, 1.807) is 18.1 Å². The average Bonchev–Trinajstić information content (AvgIpc) is 2.97. The van der Waals surface area contributed by atoms with Crippen LogP contribution < -0.4 is 5.32 Å². The number of hydrogen-bond acceptors (Lipinski definition) is 4. The van der Waals surface area contributed by atoms with Gasteiger partial charge in [-0.25, -0.2) is 4.98 Å². The third-order valence-corrected chi connectivity index (χ3v) is 2.74. The van der Waals surface area contributed by atoms with Gasteiger partial charge in [0.1, 0.15) is 6.33 Å². The molecule has 2 rings (SSSR count). The fraction of sp³-hybridized carbons (Fsp3) is 0.600. The first-order chi connectivity index (χ1) is 8.08. The van der Waals surface area contributed by atoms with Crippen LogP contribution in [-0.2, 0) is 23.1 Å². The monoisotopic (exact) mass is 238 g/mol. The van der Waals surface area contributed by atoms with Gasteiger partial charge in [-0.3, -0.25) is 14.3 Å². The number of carbonyl (C=O) groups is 2. The quantitative estimate of drug-likeness (QED) is 0.699. The van der Waals surface area contributed by atoms with E-state index in [2.05, 4.69) is 15.4 Å². The zero-order chi connectivity index (χ0) is 12.4. The van der Waals surface area contributed by atoms with Crippen molar-refractivity contribution < 1.29 is 14.7 Å². The molecule has 2 unspecified atom stereocenters. The predicted octanol–water partition coefficient (Wildman–Crippen LogP) is -0.805. The maximum absolute atomic E-state index is 11.5. The summed E-state index contributed by atoms with van der Waals surface area (Å²) in [4.78, 5) is 26.1. The van der Waals surface area contributed by atoms with Gasteiger partial charge < -0.3 is 10.4 Å². The van der Waals surface area contributed by atoms with E-state index in [0.717, 1.165) is 0 Å². The van der Waals surface area contributed by atoms with E-state index in [9.17, 15) is 9.59 Å². The molecule has 7 heteroatoms. The summed E-state index contributed by atoms with van der Waals surface area (Å²) in [5.74, 6) is -1.27. The van der Waals surface area contributed by atoms with Crippen LogP contribution in [0.2, 0.25) is 0 Å². The third kappa shape index (κ3) is 2.80. The number of carbonyl (C=O) groups excluding carboxylic acids is 1. The van der Waals surface area contributed by atoms with Crippen LogP contribution in [0.5, 0.6) is 0 Å². The van der Waals surface area contributed by atoms with E-state index in [1.165, 1.54) is 0 Å². The Balaban J connectivity index is 1.69. The molecular weight excluding hydrogens is 224 g/mol. The van der Waals surface area contributed by atoms with E-state index in [-0.39, 0.29) is 11.8 Å². The van der Waals surface area contributed by atoms with Crippen molar-refractivity contribution >= 4 is 11.9 Å². The summed E-state index contributed by atoms with van der Waals surface area (Å²) in [5.41, 5.74) is 0. The molecule has 0 saturated heterocycles. The maximum Gasteiger partial charge on any atom is 0.307 e. The second-order valence-electron chi connectivity index (χ2n) is 4.16. The molecule has 1 aliphatic rings. The molecule has 1 aromatic heterocycles. The summed E-state index contributed by atoms with van der Waals surface area (Å²) in [6, 6.07) is 0. The minimum atomic E-state index is -0.892. The molecule has 0 aromatic carbocycles. The second-order valence-corrected chi connectivity index (χ2v) is 4.16. The van der Waals surface area contributed by atoms with Crippen molar-refractivity contribution in [3.63, 3.8) is 0 Å². The summed E-state index contributed by atoms with van der Waals surface area (Å²) in [6.07, 6.45) is 2.60. The standard InChI is InChI=1S/C10H14N4O3/c1-14-5-12-8(13-14)2-3-11-9(15)6-4-7(6)10(16)17/h5-7H,2-4H2,1H3,(H,11,15)(H,16,17). The minimum absolute atomic E-state index is 0.187. The van der Waals surface area contributed by atoms with Crippen molar-refractivity contribution in [2.75, 3.05) is 6.54 Å².